The largest absolute Gasteiger partial charge is 0.550 e. The van der Waals surface area contributed by atoms with Crippen LogP contribution in [-0.4, -0.2) is 25.5 Å². The molecular formula is C19H24NO4-. The lowest BCUT2D eigenvalue weighted by Gasteiger charge is -2.32. The number of rotatable bonds is 6. The minimum Gasteiger partial charge on any atom is -0.550 e. The molecule has 0 radical (unpaired) electrons. The first kappa shape index (κ1) is 18.0. The van der Waals surface area contributed by atoms with Crippen LogP contribution in [0, 0.1) is 11.8 Å². The molecule has 0 fully saturated rings. The zero-order valence-corrected chi connectivity index (χ0v) is 14.4. The van der Waals surface area contributed by atoms with Crippen LogP contribution in [0.2, 0.25) is 0 Å². The monoisotopic (exact) mass is 330 g/mol. The molecule has 0 saturated carbocycles. The van der Waals surface area contributed by atoms with E-state index in [9.17, 15) is 14.7 Å². The van der Waals surface area contributed by atoms with E-state index in [-0.39, 0.29) is 5.91 Å². The summed E-state index contributed by atoms with van der Waals surface area (Å²) in [6.07, 6.45) is 1.57. The highest BCUT2D eigenvalue weighted by molar-refractivity contribution is 5.85. The maximum absolute atomic E-state index is 12.4. The SMILES string of the molecule is COc1ccc(CCNC(=O)C2CC(C)=C(C)CC2C(=O)[O-])cc1. The number of carboxylic acid groups (broad SMARTS) is 1. The second-order valence-corrected chi connectivity index (χ2v) is 6.39. The Kier molecular flexibility index (Phi) is 6.01. The molecule has 130 valence electrons. The normalized spacial score (nSPS) is 20.6. The average Bonchev–Trinajstić information content (AvgIpc) is 2.57. The van der Waals surface area contributed by atoms with Crippen LogP contribution in [0.5, 0.6) is 5.75 Å². The second-order valence-electron chi connectivity index (χ2n) is 6.39. The molecular weight excluding hydrogens is 306 g/mol. The van der Waals surface area contributed by atoms with Crippen LogP contribution in [0.15, 0.2) is 35.4 Å². The van der Waals surface area contributed by atoms with E-state index in [2.05, 4.69) is 5.32 Å². The maximum atomic E-state index is 12.4. The fraction of sp³-hybridized carbons (Fsp3) is 0.474. The zero-order chi connectivity index (χ0) is 17.7. The van der Waals surface area contributed by atoms with Crippen LogP contribution in [-0.2, 0) is 16.0 Å². The molecule has 2 unspecified atom stereocenters. The van der Waals surface area contributed by atoms with Gasteiger partial charge in [-0.15, -0.1) is 0 Å². The minimum atomic E-state index is -1.14. The van der Waals surface area contributed by atoms with Crippen molar-refractivity contribution < 1.29 is 19.4 Å². The number of hydrogen-bond donors (Lipinski definition) is 1. The maximum Gasteiger partial charge on any atom is 0.224 e. The molecule has 0 spiro atoms. The fourth-order valence-electron chi connectivity index (χ4n) is 3.07. The molecule has 5 nitrogen and oxygen atoms in total. The highest BCUT2D eigenvalue weighted by Gasteiger charge is 2.33. The summed E-state index contributed by atoms with van der Waals surface area (Å²) in [6.45, 7) is 4.35. The van der Waals surface area contributed by atoms with Gasteiger partial charge in [0, 0.05) is 24.3 Å². The van der Waals surface area contributed by atoms with Gasteiger partial charge in [0.2, 0.25) is 5.91 Å². The third kappa shape index (κ3) is 4.37. The number of methoxy groups -OCH3 is 1. The van der Waals surface area contributed by atoms with E-state index in [1.54, 1.807) is 7.11 Å². The van der Waals surface area contributed by atoms with E-state index >= 15 is 0 Å². The van der Waals surface area contributed by atoms with E-state index < -0.39 is 17.8 Å². The van der Waals surface area contributed by atoms with Crippen molar-refractivity contribution in [1.29, 1.82) is 0 Å². The van der Waals surface area contributed by atoms with E-state index in [0.717, 1.165) is 22.5 Å². The lowest BCUT2D eigenvalue weighted by atomic mass is 9.76. The molecule has 1 N–H and O–H groups in total. The molecule has 5 heteroatoms. The Bertz CT molecular complexity index is 633. The van der Waals surface area contributed by atoms with Crippen molar-refractivity contribution in [2.45, 2.75) is 33.1 Å². The zero-order valence-electron chi connectivity index (χ0n) is 14.4. The number of amides is 1. The number of carboxylic acids is 1. The van der Waals surface area contributed by atoms with Crippen molar-refractivity contribution in [3.8, 4) is 5.75 Å². The second kappa shape index (κ2) is 7.99. The number of ether oxygens (including phenoxy) is 1. The van der Waals surface area contributed by atoms with E-state index in [1.807, 2.05) is 38.1 Å². The van der Waals surface area contributed by atoms with Gasteiger partial charge in [-0.2, -0.15) is 0 Å². The minimum absolute atomic E-state index is 0.204. The number of nitrogens with one attached hydrogen (secondary N) is 1. The van der Waals surface area contributed by atoms with E-state index in [1.165, 1.54) is 0 Å². The smallest absolute Gasteiger partial charge is 0.224 e. The molecule has 1 amide bonds. The van der Waals surface area contributed by atoms with Gasteiger partial charge in [0.15, 0.2) is 0 Å². The Balaban J connectivity index is 1.91. The third-order valence-corrected chi connectivity index (χ3v) is 4.78. The average molecular weight is 330 g/mol. The Hall–Kier alpha value is -2.30. The predicted molar refractivity (Wildman–Crippen MR) is 89.3 cm³/mol. The van der Waals surface area contributed by atoms with Gasteiger partial charge in [-0.3, -0.25) is 4.79 Å². The van der Waals surface area contributed by atoms with Crippen LogP contribution in [0.25, 0.3) is 0 Å². The summed E-state index contributed by atoms with van der Waals surface area (Å²) in [5.41, 5.74) is 3.23. The number of hydrogen-bond acceptors (Lipinski definition) is 4. The lowest BCUT2D eigenvalue weighted by molar-refractivity contribution is -0.313. The first-order valence-corrected chi connectivity index (χ1v) is 8.19. The molecule has 0 aliphatic heterocycles. The molecule has 1 aliphatic carbocycles. The predicted octanol–water partition coefficient (Wildman–Crippen LogP) is 1.47. The first-order chi connectivity index (χ1) is 11.4. The van der Waals surface area contributed by atoms with Crippen LogP contribution in [0.3, 0.4) is 0 Å². The van der Waals surface area contributed by atoms with Crippen molar-refractivity contribution >= 4 is 11.9 Å². The number of benzene rings is 1. The molecule has 1 aromatic carbocycles. The quantitative estimate of drug-likeness (QED) is 0.801. The summed E-state index contributed by atoms with van der Waals surface area (Å²) in [6, 6.07) is 7.65. The summed E-state index contributed by atoms with van der Waals surface area (Å²) in [5, 5.41) is 14.2. The Morgan fingerprint density at radius 3 is 2.25 bits per heavy atom. The van der Waals surface area contributed by atoms with Crippen molar-refractivity contribution in [3.05, 3.63) is 41.0 Å². The lowest BCUT2D eigenvalue weighted by Crippen LogP contribution is -2.45. The number of aliphatic carboxylic acids is 1. The van der Waals surface area contributed by atoms with Crippen molar-refractivity contribution in [1.82, 2.24) is 5.32 Å². The molecule has 0 aromatic heterocycles. The van der Waals surface area contributed by atoms with Crippen LogP contribution in [0.4, 0.5) is 0 Å². The molecule has 1 aromatic rings. The molecule has 0 bridgehead atoms. The van der Waals surface area contributed by atoms with E-state index in [0.29, 0.717) is 25.8 Å². The van der Waals surface area contributed by atoms with Gasteiger partial charge in [0.25, 0.3) is 0 Å². The summed E-state index contributed by atoms with van der Waals surface area (Å²) in [7, 11) is 1.62. The van der Waals surface area contributed by atoms with Crippen molar-refractivity contribution in [2.75, 3.05) is 13.7 Å². The van der Waals surface area contributed by atoms with Crippen molar-refractivity contribution in [3.63, 3.8) is 0 Å². The standard InChI is InChI=1S/C19H25NO4/c1-12-10-16(17(19(22)23)11-13(12)2)18(21)20-9-8-14-4-6-15(24-3)7-5-14/h4-7,16-17H,8-11H2,1-3H3,(H,20,21)(H,22,23)/p-1. The number of allylic oxidation sites excluding steroid dienone is 2. The van der Waals surface area contributed by atoms with Crippen LogP contribution < -0.4 is 15.2 Å². The highest BCUT2D eigenvalue weighted by atomic mass is 16.5. The Labute approximate surface area is 142 Å². The molecule has 2 atom stereocenters. The molecule has 1 aliphatic rings. The summed E-state index contributed by atoms with van der Waals surface area (Å²) in [5.74, 6) is -1.84. The van der Waals surface area contributed by atoms with Crippen LogP contribution >= 0.6 is 0 Å². The highest BCUT2D eigenvalue weighted by Crippen LogP contribution is 2.33. The van der Waals surface area contributed by atoms with Gasteiger partial charge in [-0.05, 0) is 50.8 Å². The van der Waals surface area contributed by atoms with Crippen LogP contribution in [0.1, 0.15) is 32.3 Å². The summed E-state index contributed by atoms with van der Waals surface area (Å²) < 4.78 is 5.11. The molecule has 24 heavy (non-hydrogen) atoms. The van der Waals surface area contributed by atoms with Gasteiger partial charge in [-0.25, -0.2) is 0 Å². The third-order valence-electron chi connectivity index (χ3n) is 4.78. The topological polar surface area (TPSA) is 78.5 Å². The van der Waals surface area contributed by atoms with Gasteiger partial charge >= 0.3 is 0 Å². The van der Waals surface area contributed by atoms with Gasteiger partial charge in [0.05, 0.1) is 7.11 Å². The number of carbonyl (C=O) groups excluding carboxylic acids is 2. The fourth-order valence-corrected chi connectivity index (χ4v) is 3.07. The Morgan fingerprint density at radius 1 is 1.12 bits per heavy atom. The Morgan fingerprint density at radius 2 is 1.71 bits per heavy atom. The van der Waals surface area contributed by atoms with Gasteiger partial charge in [-0.1, -0.05) is 23.3 Å². The van der Waals surface area contributed by atoms with Gasteiger partial charge < -0.3 is 20.0 Å². The molecule has 0 heterocycles. The summed E-state index contributed by atoms with van der Waals surface area (Å²) in [4.78, 5) is 23.8. The van der Waals surface area contributed by atoms with Crippen molar-refractivity contribution in [2.24, 2.45) is 11.8 Å². The summed E-state index contributed by atoms with van der Waals surface area (Å²) >= 11 is 0. The molecule has 0 saturated heterocycles. The number of carbonyl (C=O) groups is 2. The van der Waals surface area contributed by atoms with Gasteiger partial charge in [0.1, 0.15) is 5.75 Å². The van der Waals surface area contributed by atoms with E-state index in [4.69, 9.17) is 4.74 Å². The molecule has 2 rings (SSSR count). The first-order valence-electron chi connectivity index (χ1n) is 8.19.